The van der Waals surface area contributed by atoms with Gasteiger partial charge in [-0.1, -0.05) is 35.3 Å². The van der Waals surface area contributed by atoms with E-state index in [1.807, 2.05) is 83.1 Å². The number of nitrogens with zero attached hydrogens (tertiary/aromatic N) is 10. The number of aryl methyl sites for hydroxylation is 6. The number of carbonyl (C=O) groups excluding carboxylic acids is 1. The molecule has 0 bridgehead atoms. The van der Waals surface area contributed by atoms with E-state index >= 15 is 0 Å². The molecule has 0 fully saturated rings. The van der Waals surface area contributed by atoms with Gasteiger partial charge in [0.25, 0.3) is 11.7 Å². The Morgan fingerprint density at radius 3 is 1.58 bits per heavy atom. The van der Waals surface area contributed by atoms with Crippen molar-refractivity contribution in [3.63, 3.8) is 0 Å². The third kappa shape index (κ3) is 12.7. The number of pyridine rings is 4. The smallest absolute Gasteiger partial charge is 0.375 e. The van der Waals surface area contributed by atoms with Crippen LogP contribution < -0.4 is 22.5 Å². The molecule has 338 valence electrons. The van der Waals surface area contributed by atoms with E-state index in [9.17, 15) is 14.0 Å². The lowest BCUT2D eigenvalue weighted by Crippen LogP contribution is -2.25. The number of carboxylic acid groups (broad SMARTS) is 1. The molecule has 65 heavy (non-hydrogen) atoms. The van der Waals surface area contributed by atoms with Gasteiger partial charge in [0, 0.05) is 59.0 Å². The Kier molecular flexibility index (Phi) is 16.0. The first-order chi connectivity index (χ1) is 31.4. The zero-order chi connectivity index (χ0) is 48.2. The lowest BCUT2D eigenvalue weighted by Gasteiger charge is -2.10. The molecule has 20 heteroatoms. The van der Waals surface area contributed by atoms with Gasteiger partial charge in [-0.15, -0.1) is 10.2 Å². The number of aromatic carboxylic acids is 1. The van der Waals surface area contributed by atoms with Crippen molar-refractivity contribution >= 4 is 68.8 Å². The van der Waals surface area contributed by atoms with Crippen LogP contribution in [0.2, 0.25) is 10.0 Å². The topological polar surface area (TPSA) is 257 Å². The highest BCUT2D eigenvalue weighted by molar-refractivity contribution is 6.31. The average molecular weight is 925 g/mol. The number of amides is 1. The maximum Gasteiger partial charge on any atom is 0.375 e. The second-order valence-electron chi connectivity index (χ2n) is 14.7. The van der Waals surface area contributed by atoms with Gasteiger partial charge in [0.1, 0.15) is 0 Å². The molecule has 8 N–H and O–H groups in total. The van der Waals surface area contributed by atoms with E-state index in [0.29, 0.717) is 36.2 Å². The van der Waals surface area contributed by atoms with Gasteiger partial charge in [-0.3, -0.25) is 29.1 Å². The summed E-state index contributed by atoms with van der Waals surface area (Å²) in [5.74, 6) is -1.68. The molecule has 0 spiro atoms. The van der Waals surface area contributed by atoms with Gasteiger partial charge >= 0.3 is 5.97 Å². The van der Waals surface area contributed by atoms with Crippen LogP contribution in [0.25, 0.3) is 21.8 Å². The van der Waals surface area contributed by atoms with Crippen molar-refractivity contribution < 1.29 is 20.5 Å². The lowest BCUT2D eigenvalue weighted by atomic mass is 10.1. The van der Waals surface area contributed by atoms with Crippen LogP contribution in [-0.2, 0) is 26.2 Å². The molecule has 6 aromatic heterocycles. The molecule has 0 saturated heterocycles. The number of nitrogens with two attached hydrogens (primary N) is 3. The molecule has 6 heterocycles. The van der Waals surface area contributed by atoms with Gasteiger partial charge in [0.15, 0.2) is 0 Å². The Morgan fingerprint density at radius 1 is 0.708 bits per heavy atom. The van der Waals surface area contributed by atoms with Crippen LogP contribution in [0.3, 0.4) is 0 Å². The molecule has 8 rings (SSSR count). The molecule has 0 aliphatic carbocycles. The number of alkyl halides is 1. The number of nitrogen functional groups attached to an aromatic ring is 2. The van der Waals surface area contributed by atoms with E-state index < -0.39 is 13.1 Å². The SMILES string of the molecule is Cc1cc(C)c(CN)c(C)n1.Cc1cc(C)c(CNC(=O)c2nc(N)n(Cc3ccc4ncc(Cl)cc4c3)n2)c(C)n1.Nc1nc(C(=O)O)nn1Cc1ccc2ncc(Cl)cc2c1.[2H]CF. The van der Waals surface area contributed by atoms with Crippen LogP contribution in [0.4, 0.5) is 16.3 Å². The minimum atomic E-state index is -1.21. The van der Waals surface area contributed by atoms with Crippen LogP contribution in [0, 0.1) is 41.5 Å². The molecule has 1 amide bonds. The summed E-state index contributed by atoms with van der Waals surface area (Å²) in [7, 11) is -1.00. The second kappa shape index (κ2) is 22.0. The van der Waals surface area contributed by atoms with E-state index in [4.69, 9.17) is 46.9 Å². The highest BCUT2D eigenvalue weighted by Crippen LogP contribution is 2.21. The minimum Gasteiger partial charge on any atom is -0.475 e. The molecule has 0 aliphatic heterocycles. The van der Waals surface area contributed by atoms with Crippen molar-refractivity contribution in [3.05, 3.63) is 151 Å². The fourth-order valence-electron chi connectivity index (χ4n) is 6.90. The second-order valence-corrected chi connectivity index (χ2v) is 15.6. The fraction of sp³-hybridized carbons (Fsp3) is 0.244. The van der Waals surface area contributed by atoms with Crippen molar-refractivity contribution in [3.8, 4) is 0 Å². The maximum atomic E-state index is 12.6. The predicted molar refractivity (Wildman–Crippen MR) is 251 cm³/mol. The first kappa shape index (κ1) is 47.3. The summed E-state index contributed by atoms with van der Waals surface area (Å²) >= 11 is 12.0. The molecule has 0 atom stereocenters. The number of hydrogen-bond acceptors (Lipinski definition) is 13. The number of aromatic nitrogens is 10. The Balaban J connectivity index is 0.000000200. The van der Waals surface area contributed by atoms with Crippen molar-refractivity contribution in [2.24, 2.45) is 5.73 Å². The van der Waals surface area contributed by atoms with Gasteiger partial charge in [0.05, 0.1) is 42.7 Å². The molecule has 17 nitrogen and oxygen atoms in total. The van der Waals surface area contributed by atoms with Crippen molar-refractivity contribution in [1.29, 1.82) is 0 Å². The molecular weight excluding hydrogens is 874 g/mol. The van der Waals surface area contributed by atoms with Crippen molar-refractivity contribution in [1.82, 2.24) is 54.8 Å². The Hall–Kier alpha value is -7.15. The van der Waals surface area contributed by atoms with Gasteiger partial charge in [-0.25, -0.2) is 14.2 Å². The summed E-state index contributed by atoms with van der Waals surface area (Å²) in [5, 5.41) is 22.7. The van der Waals surface area contributed by atoms with Crippen LogP contribution in [-0.4, -0.2) is 73.6 Å². The monoisotopic (exact) mass is 923 g/mol. The van der Waals surface area contributed by atoms with Crippen LogP contribution in [0.1, 0.15) is 78.8 Å². The highest BCUT2D eigenvalue weighted by Gasteiger charge is 2.17. The number of benzene rings is 2. The molecule has 0 saturated carbocycles. The first-order valence-corrected chi connectivity index (χ1v) is 20.6. The normalized spacial score (nSPS) is 10.8. The standard InChI is InChI=1S/C22H22ClN7O.C13H10ClN5O2.C9H14N2.CH3F/c1-12-6-13(2)27-14(3)18(12)10-26-21(31)20-28-22(24)30(29-20)11-15-4-5-19-16(7-15)8-17(23)9-25-19;14-9-4-8-3-7(1-2-10(8)16-5-9)6-19-13(15)17-11(18-19)12(20)21;1-6-4-7(2)11-8(3)9(6)5-10;1-2/h4-9H,10-11H2,1-3H3,(H,26,31)(H2,24,28,29);1-5H,6H2,(H,20,21)(H2,15,17,18);4H,5,10H2,1-3H3;1H3/i;;;1D. The summed E-state index contributed by atoms with van der Waals surface area (Å²) in [5.41, 5.74) is 29.2. The van der Waals surface area contributed by atoms with E-state index in [0.717, 1.165) is 66.8 Å². The number of nitrogens with one attached hydrogen (secondary N) is 1. The Labute approximate surface area is 385 Å². The zero-order valence-electron chi connectivity index (χ0n) is 37.6. The summed E-state index contributed by atoms with van der Waals surface area (Å²) in [6, 6.07) is 19.1. The van der Waals surface area contributed by atoms with E-state index in [1.54, 1.807) is 18.5 Å². The number of carbonyl (C=O) groups is 2. The van der Waals surface area contributed by atoms with E-state index in [2.05, 4.69) is 58.4 Å². The van der Waals surface area contributed by atoms with E-state index in [1.165, 1.54) is 20.5 Å². The quantitative estimate of drug-likeness (QED) is 0.0958. The minimum absolute atomic E-state index is 0.0263. The molecule has 8 aromatic rings. The summed E-state index contributed by atoms with van der Waals surface area (Å²) in [6.45, 7) is 13.6. The highest BCUT2D eigenvalue weighted by atomic mass is 35.5. The molecule has 0 aliphatic rings. The largest absolute Gasteiger partial charge is 0.475 e. The van der Waals surface area contributed by atoms with Crippen LogP contribution in [0.5, 0.6) is 0 Å². The molecule has 0 unspecified atom stereocenters. The van der Waals surface area contributed by atoms with Gasteiger partial charge in [-0.05, 0) is 123 Å². The maximum absolute atomic E-state index is 12.6. The Bertz CT molecular complexity index is 2970. The number of halogens is 3. The first-order valence-electron chi connectivity index (χ1n) is 20.5. The molecular formula is C45H49Cl2FN14O3. The fourth-order valence-corrected chi connectivity index (χ4v) is 7.24. The lowest BCUT2D eigenvalue weighted by molar-refractivity contribution is 0.0683. The van der Waals surface area contributed by atoms with Crippen LogP contribution in [0.15, 0.2) is 73.1 Å². The van der Waals surface area contributed by atoms with Gasteiger partial charge in [-0.2, -0.15) is 9.97 Å². The Morgan fingerprint density at radius 2 is 1.15 bits per heavy atom. The van der Waals surface area contributed by atoms with Crippen molar-refractivity contribution in [2.45, 2.75) is 67.7 Å². The average Bonchev–Trinajstić information content (AvgIpc) is 3.81. The predicted octanol–water partition coefficient (Wildman–Crippen LogP) is 7.22. The zero-order valence-corrected chi connectivity index (χ0v) is 38.1. The third-order valence-electron chi connectivity index (χ3n) is 9.88. The summed E-state index contributed by atoms with van der Waals surface area (Å²) in [6.07, 6.45) is 3.19. The number of hydrogen-bond donors (Lipinski definition) is 5. The van der Waals surface area contributed by atoms with E-state index in [-0.39, 0.29) is 29.5 Å². The number of fused-ring (bicyclic) bond motifs is 2. The third-order valence-corrected chi connectivity index (χ3v) is 10.3. The van der Waals surface area contributed by atoms with Gasteiger partial charge < -0.3 is 27.6 Å². The molecule has 2 aromatic carbocycles. The number of anilines is 2. The molecule has 0 radical (unpaired) electrons. The van der Waals surface area contributed by atoms with Gasteiger partial charge in [0.2, 0.25) is 17.7 Å². The summed E-state index contributed by atoms with van der Waals surface area (Å²) < 4.78 is 18.3. The van der Waals surface area contributed by atoms with Crippen molar-refractivity contribution in [2.75, 3.05) is 18.6 Å². The van der Waals surface area contributed by atoms with Crippen LogP contribution >= 0.6 is 23.2 Å². The summed E-state index contributed by atoms with van der Waals surface area (Å²) in [4.78, 5) is 48.5. The number of rotatable bonds is 9. The number of carboxylic acids is 1.